The minimum atomic E-state index is 0.498. The zero-order valence-corrected chi connectivity index (χ0v) is 18.5. The molecule has 0 saturated heterocycles. The summed E-state index contributed by atoms with van der Waals surface area (Å²) in [6.45, 7) is 9.52. The standard InChI is InChI=1S/C25H38N2O/c1-7-10-14-22(27-9-3)19-23(28-6)15-12-11-13-21(8-2)24-18-20(4)16-17-25(24)26-5/h10-12,14-19,21,26-27H,7-9,13H2,1-6H3/b12-11+,14-10-,22-19+,23-15-. The highest BCUT2D eigenvalue weighted by molar-refractivity contribution is 5.54. The molecule has 0 aromatic heterocycles. The molecule has 3 heteroatoms. The Labute approximate surface area is 172 Å². The summed E-state index contributed by atoms with van der Waals surface area (Å²) in [5.74, 6) is 1.34. The molecule has 0 aliphatic rings. The van der Waals surface area contributed by atoms with Gasteiger partial charge in [-0.3, -0.25) is 0 Å². The average Bonchev–Trinajstić information content (AvgIpc) is 2.71. The molecule has 0 bridgehead atoms. The predicted molar refractivity (Wildman–Crippen MR) is 124 cm³/mol. The third-order valence-electron chi connectivity index (χ3n) is 4.67. The summed E-state index contributed by atoms with van der Waals surface area (Å²) < 4.78 is 5.53. The maximum atomic E-state index is 5.53. The van der Waals surface area contributed by atoms with Crippen LogP contribution in [0.1, 0.15) is 57.1 Å². The summed E-state index contributed by atoms with van der Waals surface area (Å²) in [5.41, 5.74) is 4.99. The van der Waals surface area contributed by atoms with Gasteiger partial charge in [-0.2, -0.15) is 0 Å². The molecule has 154 valence electrons. The lowest BCUT2D eigenvalue weighted by Gasteiger charge is -2.18. The molecule has 1 aromatic carbocycles. The van der Waals surface area contributed by atoms with Crippen molar-refractivity contribution in [2.75, 3.05) is 26.0 Å². The molecule has 0 aliphatic heterocycles. The number of aryl methyl sites for hydroxylation is 1. The molecule has 0 radical (unpaired) electrons. The Kier molecular flexibility index (Phi) is 11.6. The molecule has 2 N–H and O–H groups in total. The van der Waals surface area contributed by atoms with Crippen LogP contribution < -0.4 is 10.6 Å². The van der Waals surface area contributed by atoms with E-state index >= 15 is 0 Å². The van der Waals surface area contributed by atoms with Crippen LogP contribution in [0.4, 0.5) is 5.69 Å². The van der Waals surface area contributed by atoms with E-state index in [1.54, 1.807) is 7.11 Å². The van der Waals surface area contributed by atoms with Gasteiger partial charge in [-0.05, 0) is 62.8 Å². The van der Waals surface area contributed by atoms with Gasteiger partial charge in [0.15, 0.2) is 0 Å². The lowest BCUT2D eigenvalue weighted by molar-refractivity contribution is 0.306. The number of allylic oxidation sites excluding steroid dienone is 6. The number of anilines is 1. The Morgan fingerprint density at radius 3 is 2.57 bits per heavy atom. The van der Waals surface area contributed by atoms with Crippen molar-refractivity contribution >= 4 is 5.69 Å². The molecular weight excluding hydrogens is 344 g/mol. The van der Waals surface area contributed by atoms with E-state index in [1.807, 2.05) is 19.2 Å². The highest BCUT2D eigenvalue weighted by Gasteiger charge is 2.12. The van der Waals surface area contributed by atoms with E-state index in [2.05, 4.69) is 80.8 Å². The number of nitrogens with one attached hydrogen (secondary N) is 2. The van der Waals surface area contributed by atoms with Crippen LogP contribution >= 0.6 is 0 Å². The molecular formula is C25H38N2O. The second-order valence-corrected chi connectivity index (χ2v) is 6.82. The first-order valence-electron chi connectivity index (χ1n) is 10.4. The number of benzene rings is 1. The second kappa shape index (κ2) is 13.7. The van der Waals surface area contributed by atoms with Crippen molar-refractivity contribution in [2.24, 2.45) is 0 Å². The molecule has 1 unspecified atom stereocenters. The Balaban J connectivity index is 2.90. The van der Waals surface area contributed by atoms with Gasteiger partial charge in [-0.15, -0.1) is 0 Å². The van der Waals surface area contributed by atoms with E-state index in [-0.39, 0.29) is 0 Å². The SMILES string of the molecule is CC\C=C/C(=C\C(=C\C=C\CC(CC)c1cc(C)ccc1NC)OC)NCC. The van der Waals surface area contributed by atoms with Crippen LogP contribution in [-0.4, -0.2) is 20.7 Å². The molecule has 1 atom stereocenters. The number of ether oxygens (including phenoxy) is 1. The van der Waals surface area contributed by atoms with Gasteiger partial charge in [0.1, 0.15) is 5.76 Å². The van der Waals surface area contributed by atoms with Crippen molar-refractivity contribution < 1.29 is 4.74 Å². The fourth-order valence-corrected chi connectivity index (χ4v) is 3.10. The van der Waals surface area contributed by atoms with Crippen molar-refractivity contribution in [3.63, 3.8) is 0 Å². The van der Waals surface area contributed by atoms with Crippen molar-refractivity contribution in [1.29, 1.82) is 0 Å². The molecule has 3 nitrogen and oxygen atoms in total. The van der Waals surface area contributed by atoms with Crippen LogP contribution in [0.2, 0.25) is 0 Å². The number of likely N-dealkylation sites (N-methyl/N-ethyl adjacent to an activating group) is 1. The number of methoxy groups -OCH3 is 1. The summed E-state index contributed by atoms with van der Waals surface area (Å²) in [5, 5.41) is 6.69. The molecule has 0 fully saturated rings. The van der Waals surface area contributed by atoms with Crippen molar-refractivity contribution in [2.45, 2.75) is 52.9 Å². The van der Waals surface area contributed by atoms with E-state index in [1.165, 1.54) is 16.8 Å². The fraction of sp³-hybridized carbons (Fsp3) is 0.440. The van der Waals surface area contributed by atoms with Gasteiger partial charge in [-0.1, -0.05) is 49.8 Å². The van der Waals surface area contributed by atoms with E-state index in [0.29, 0.717) is 5.92 Å². The average molecular weight is 383 g/mol. The molecule has 0 aliphatic carbocycles. The second-order valence-electron chi connectivity index (χ2n) is 6.82. The first kappa shape index (κ1) is 23.6. The van der Waals surface area contributed by atoms with E-state index < -0.39 is 0 Å². The summed E-state index contributed by atoms with van der Waals surface area (Å²) >= 11 is 0. The van der Waals surface area contributed by atoms with Gasteiger partial charge in [0.25, 0.3) is 0 Å². The maximum Gasteiger partial charge on any atom is 0.120 e. The highest BCUT2D eigenvalue weighted by Crippen LogP contribution is 2.31. The van der Waals surface area contributed by atoms with Gasteiger partial charge in [-0.25, -0.2) is 0 Å². The van der Waals surface area contributed by atoms with Crippen LogP contribution in [0.3, 0.4) is 0 Å². The molecule has 1 rings (SSSR count). The van der Waals surface area contributed by atoms with Crippen molar-refractivity contribution in [1.82, 2.24) is 5.32 Å². The number of hydrogen-bond donors (Lipinski definition) is 2. The lowest BCUT2D eigenvalue weighted by atomic mass is 9.90. The third kappa shape index (κ3) is 8.08. The van der Waals surface area contributed by atoms with E-state index in [4.69, 9.17) is 4.74 Å². The van der Waals surface area contributed by atoms with Gasteiger partial charge >= 0.3 is 0 Å². The lowest BCUT2D eigenvalue weighted by Crippen LogP contribution is -2.10. The Morgan fingerprint density at radius 1 is 1.18 bits per heavy atom. The quantitative estimate of drug-likeness (QED) is 0.321. The molecule has 0 saturated carbocycles. The summed E-state index contributed by atoms with van der Waals surface area (Å²) in [7, 11) is 3.70. The van der Waals surface area contributed by atoms with E-state index in [9.17, 15) is 0 Å². The number of hydrogen-bond acceptors (Lipinski definition) is 3. The summed E-state index contributed by atoms with van der Waals surface area (Å²) in [6, 6.07) is 6.64. The Bertz CT molecular complexity index is 698. The highest BCUT2D eigenvalue weighted by atomic mass is 16.5. The minimum Gasteiger partial charge on any atom is -0.497 e. The van der Waals surface area contributed by atoms with Gasteiger partial charge in [0, 0.05) is 31.1 Å². The number of rotatable bonds is 12. The molecule has 1 aromatic rings. The molecule has 28 heavy (non-hydrogen) atoms. The van der Waals surface area contributed by atoms with Crippen molar-refractivity contribution in [3.8, 4) is 0 Å². The Morgan fingerprint density at radius 2 is 1.96 bits per heavy atom. The van der Waals surface area contributed by atoms with Crippen LogP contribution in [0.15, 0.2) is 66.1 Å². The van der Waals surface area contributed by atoms with E-state index in [0.717, 1.165) is 37.3 Å². The minimum absolute atomic E-state index is 0.498. The summed E-state index contributed by atoms with van der Waals surface area (Å²) in [4.78, 5) is 0. The summed E-state index contributed by atoms with van der Waals surface area (Å²) in [6.07, 6.45) is 15.8. The normalized spacial score (nSPS) is 13.9. The maximum absolute atomic E-state index is 5.53. The molecule has 0 heterocycles. The van der Waals surface area contributed by atoms with Crippen LogP contribution in [0, 0.1) is 6.92 Å². The smallest absolute Gasteiger partial charge is 0.120 e. The zero-order valence-electron chi connectivity index (χ0n) is 18.5. The first-order chi connectivity index (χ1) is 13.6. The predicted octanol–water partition coefficient (Wildman–Crippen LogP) is 6.47. The van der Waals surface area contributed by atoms with Crippen LogP contribution in [0.25, 0.3) is 0 Å². The molecule has 0 amide bonds. The van der Waals surface area contributed by atoms with Gasteiger partial charge in [0.2, 0.25) is 0 Å². The molecule has 0 spiro atoms. The first-order valence-corrected chi connectivity index (χ1v) is 10.4. The topological polar surface area (TPSA) is 33.3 Å². The third-order valence-corrected chi connectivity index (χ3v) is 4.67. The Hall–Kier alpha value is -2.42. The monoisotopic (exact) mass is 382 g/mol. The largest absolute Gasteiger partial charge is 0.497 e. The van der Waals surface area contributed by atoms with Gasteiger partial charge < -0.3 is 15.4 Å². The van der Waals surface area contributed by atoms with Crippen LogP contribution in [-0.2, 0) is 4.74 Å². The van der Waals surface area contributed by atoms with Crippen LogP contribution in [0.5, 0.6) is 0 Å². The zero-order chi connectivity index (χ0) is 20.8. The fourth-order valence-electron chi connectivity index (χ4n) is 3.10. The van der Waals surface area contributed by atoms with Crippen molar-refractivity contribution in [3.05, 3.63) is 77.2 Å². The van der Waals surface area contributed by atoms with Gasteiger partial charge in [0.05, 0.1) is 7.11 Å².